The van der Waals surface area contributed by atoms with E-state index in [9.17, 15) is 9.90 Å². The second-order valence-electron chi connectivity index (χ2n) is 12.0. The fourth-order valence-electron chi connectivity index (χ4n) is 7.41. The summed E-state index contributed by atoms with van der Waals surface area (Å²) in [4.78, 5) is 19.6. The predicted octanol–water partition coefficient (Wildman–Crippen LogP) is 8.14. The first-order valence-corrected chi connectivity index (χ1v) is 15.8. The summed E-state index contributed by atoms with van der Waals surface area (Å²) in [6.45, 7) is 0.225. The van der Waals surface area contributed by atoms with E-state index in [0.717, 1.165) is 44.3 Å². The second-order valence-corrected chi connectivity index (χ2v) is 12.0. The van der Waals surface area contributed by atoms with Crippen molar-refractivity contribution < 1.29 is 19.4 Å². The lowest BCUT2D eigenvalue weighted by atomic mass is 9.83. The van der Waals surface area contributed by atoms with Gasteiger partial charge in [0.1, 0.15) is 12.7 Å². The Balaban J connectivity index is 1.19. The van der Waals surface area contributed by atoms with Crippen molar-refractivity contribution in [3.63, 3.8) is 0 Å². The Hall–Kier alpha value is -5.17. The standard InChI is InChI=1S/C40H34N2O4/c43-23-37-39(45-24-26-12-2-1-3-13-26)33-20-9-8-19-32(33)38(34-22-41-36-21-11-10-18-31(34)36)42(37)40(44)46-25-35-29-16-6-4-14-27(29)28-15-5-7-17-30(28)35/h1-22,35,37-39,41,43H,23-25H2/t37-,38+,39+/m0/s1. The number of aliphatic hydroxyl groups excluding tert-OH is 1. The summed E-state index contributed by atoms with van der Waals surface area (Å²) in [5.41, 5.74) is 9.48. The molecule has 0 unspecified atom stereocenters. The lowest BCUT2D eigenvalue weighted by molar-refractivity contribution is -0.0601. The summed E-state index contributed by atoms with van der Waals surface area (Å²) >= 11 is 0. The molecule has 6 heteroatoms. The quantitative estimate of drug-likeness (QED) is 0.192. The van der Waals surface area contributed by atoms with Crippen LogP contribution in [0.5, 0.6) is 0 Å². The van der Waals surface area contributed by atoms with Gasteiger partial charge < -0.3 is 19.6 Å². The summed E-state index contributed by atoms with van der Waals surface area (Å²) in [6.07, 6.45) is 0.914. The molecule has 3 atom stereocenters. The largest absolute Gasteiger partial charge is 0.448 e. The first-order chi connectivity index (χ1) is 22.7. The highest BCUT2D eigenvalue weighted by Crippen LogP contribution is 2.47. The first-order valence-electron chi connectivity index (χ1n) is 15.8. The smallest absolute Gasteiger partial charge is 0.411 e. The number of carbonyl (C=O) groups is 1. The van der Waals surface area contributed by atoms with E-state index in [4.69, 9.17) is 9.47 Å². The maximum atomic E-state index is 14.5. The Bertz CT molecular complexity index is 1970. The highest BCUT2D eigenvalue weighted by molar-refractivity contribution is 5.85. The van der Waals surface area contributed by atoms with Crippen LogP contribution < -0.4 is 0 Å². The summed E-state index contributed by atoms with van der Waals surface area (Å²) in [7, 11) is 0. The Morgan fingerprint density at radius 2 is 1.30 bits per heavy atom. The summed E-state index contributed by atoms with van der Waals surface area (Å²) in [5.74, 6) is -0.0855. The number of carbonyl (C=O) groups excluding carboxylic acids is 1. The van der Waals surface area contributed by atoms with Crippen molar-refractivity contribution in [2.24, 2.45) is 0 Å². The fraction of sp³-hybridized carbons (Fsp3) is 0.175. The van der Waals surface area contributed by atoms with Crippen molar-refractivity contribution in [3.8, 4) is 11.1 Å². The Morgan fingerprint density at radius 3 is 2.02 bits per heavy atom. The lowest BCUT2D eigenvalue weighted by Crippen LogP contribution is -2.52. The normalized spacial score (nSPS) is 18.6. The monoisotopic (exact) mass is 606 g/mol. The number of aromatic nitrogens is 1. The number of rotatable bonds is 7. The number of aromatic amines is 1. The third-order valence-corrected chi connectivity index (χ3v) is 9.50. The fourth-order valence-corrected chi connectivity index (χ4v) is 7.41. The van der Waals surface area contributed by atoms with Crippen molar-refractivity contribution >= 4 is 17.0 Å². The number of hydrogen-bond acceptors (Lipinski definition) is 4. The van der Waals surface area contributed by atoms with E-state index < -0.39 is 24.3 Å². The molecule has 5 aromatic carbocycles. The zero-order valence-electron chi connectivity index (χ0n) is 25.3. The van der Waals surface area contributed by atoms with Crippen molar-refractivity contribution in [2.45, 2.75) is 30.7 Å². The molecule has 1 amide bonds. The number of amides is 1. The van der Waals surface area contributed by atoms with Gasteiger partial charge in [0.05, 0.1) is 25.3 Å². The molecule has 0 saturated carbocycles. The molecule has 6 nitrogen and oxygen atoms in total. The highest BCUT2D eigenvalue weighted by Gasteiger charge is 2.46. The van der Waals surface area contributed by atoms with Gasteiger partial charge >= 0.3 is 6.09 Å². The van der Waals surface area contributed by atoms with Crippen LogP contribution in [0.15, 0.2) is 134 Å². The van der Waals surface area contributed by atoms with Crippen LogP contribution >= 0.6 is 0 Å². The van der Waals surface area contributed by atoms with E-state index in [2.05, 4.69) is 41.4 Å². The molecule has 228 valence electrons. The molecule has 0 spiro atoms. The SMILES string of the molecule is O=C(OCC1c2ccccc2-c2ccccc21)N1[C@@H](c2c[nH]c3ccccc23)c2ccccc2[C@@H](OCc2ccccc2)[C@@H]1CO. The zero-order valence-corrected chi connectivity index (χ0v) is 25.3. The molecular formula is C40H34N2O4. The van der Waals surface area contributed by atoms with Gasteiger partial charge in [0.25, 0.3) is 0 Å². The third kappa shape index (κ3) is 4.78. The van der Waals surface area contributed by atoms with E-state index in [-0.39, 0.29) is 19.1 Å². The highest BCUT2D eigenvalue weighted by atomic mass is 16.6. The van der Waals surface area contributed by atoms with E-state index in [0.29, 0.717) is 6.61 Å². The van der Waals surface area contributed by atoms with Crippen LogP contribution in [-0.4, -0.2) is 40.3 Å². The van der Waals surface area contributed by atoms with Gasteiger partial charge in [0.2, 0.25) is 0 Å². The number of fused-ring (bicyclic) bond motifs is 5. The number of nitrogens with one attached hydrogen (secondary N) is 1. The van der Waals surface area contributed by atoms with Crippen molar-refractivity contribution in [3.05, 3.63) is 167 Å². The molecule has 1 aromatic heterocycles. The molecule has 8 rings (SSSR count). The van der Waals surface area contributed by atoms with Crippen LogP contribution in [0.2, 0.25) is 0 Å². The number of hydrogen-bond donors (Lipinski definition) is 2. The van der Waals surface area contributed by atoms with Crippen LogP contribution in [0.1, 0.15) is 51.4 Å². The van der Waals surface area contributed by atoms with E-state index >= 15 is 0 Å². The molecule has 0 radical (unpaired) electrons. The van der Waals surface area contributed by atoms with E-state index in [1.807, 2.05) is 97.2 Å². The Morgan fingerprint density at radius 1 is 0.696 bits per heavy atom. The minimum atomic E-state index is -0.687. The molecule has 6 aromatic rings. The van der Waals surface area contributed by atoms with Crippen LogP contribution in [0.25, 0.3) is 22.0 Å². The first kappa shape index (κ1) is 28.3. The van der Waals surface area contributed by atoms with Gasteiger partial charge in [0.15, 0.2) is 0 Å². The molecule has 0 saturated heterocycles. The van der Waals surface area contributed by atoms with Crippen molar-refractivity contribution in [2.75, 3.05) is 13.2 Å². The Kier molecular flexibility index (Phi) is 7.37. The minimum absolute atomic E-state index is 0.0855. The lowest BCUT2D eigenvalue weighted by Gasteiger charge is -2.46. The molecule has 0 bridgehead atoms. The number of ether oxygens (including phenoxy) is 2. The Labute approximate surface area is 267 Å². The maximum Gasteiger partial charge on any atom is 0.411 e. The second kappa shape index (κ2) is 12.0. The van der Waals surface area contributed by atoms with E-state index in [1.165, 1.54) is 11.1 Å². The zero-order chi connectivity index (χ0) is 31.0. The molecule has 2 heterocycles. The van der Waals surface area contributed by atoms with Crippen molar-refractivity contribution in [1.29, 1.82) is 0 Å². The topological polar surface area (TPSA) is 74.8 Å². The number of benzene rings is 5. The van der Waals surface area contributed by atoms with Crippen molar-refractivity contribution in [1.82, 2.24) is 9.88 Å². The van der Waals surface area contributed by atoms with Crippen LogP contribution in [-0.2, 0) is 16.1 Å². The van der Waals surface area contributed by atoms with Gasteiger partial charge in [-0.3, -0.25) is 4.90 Å². The van der Waals surface area contributed by atoms with E-state index in [1.54, 1.807) is 4.90 Å². The number of H-pyrrole nitrogens is 1. The number of para-hydroxylation sites is 1. The van der Waals surface area contributed by atoms with Gasteiger partial charge in [-0.05, 0) is 45.0 Å². The molecule has 2 aliphatic rings. The van der Waals surface area contributed by atoms with Crippen LogP contribution in [0, 0.1) is 0 Å². The molecule has 1 aliphatic carbocycles. The molecule has 1 aliphatic heterocycles. The van der Waals surface area contributed by atoms with Gasteiger partial charge in [-0.15, -0.1) is 0 Å². The number of nitrogens with zero attached hydrogens (tertiary/aromatic N) is 1. The summed E-state index contributed by atoms with van der Waals surface area (Å²) in [5, 5.41) is 12.0. The third-order valence-electron chi connectivity index (χ3n) is 9.50. The molecule has 2 N–H and O–H groups in total. The average Bonchev–Trinajstić information content (AvgIpc) is 3.68. The van der Waals surface area contributed by atoms with Gasteiger partial charge in [0, 0.05) is 28.6 Å². The summed E-state index contributed by atoms with van der Waals surface area (Å²) in [6, 6.07) is 41.6. The van der Waals surface area contributed by atoms with Crippen LogP contribution in [0.3, 0.4) is 0 Å². The summed E-state index contributed by atoms with van der Waals surface area (Å²) < 4.78 is 12.9. The minimum Gasteiger partial charge on any atom is -0.448 e. The molecular weight excluding hydrogens is 572 g/mol. The average molecular weight is 607 g/mol. The maximum absolute atomic E-state index is 14.5. The number of aliphatic hydroxyl groups is 1. The molecule has 0 fully saturated rings. The van der Waals surface area contributed by atoms with Gasteiger partial charge in [-0.2, -0.15) is 0 Å². The van der Waals surface area contributed by atoms with Gasteiger partial charge in [-0.1, -0.05) is 121 Å². The van der Waals surface area contributed by atoms with Crippen LogP contribution in [0.4, 0.5) is 4.79 Å². The molecule has 46 heavy (non-hydrogen) atoms. The van der Waals surface area contributed by atoms with Gasteiger partial charge in [-0.25, -0.2) is 4.79 Å². The predicted molar refractivity (Wildman–Crippen MR) is 178 cm³/mol.